The van der Waals surface area contributed by atoms with E-state index >= 15 is 0 Å². The average molecular weight is 1100 g/mol. The largest absolute Gasteiger partial charge is 0.481 e. The van der Waals surface area contributed by atoms with Gasteiger partial charge in [0.15, 0.2) is 6.10 Å². The van der Waals surface area contributed by atoms with Crippen LogP contribution >= 0.6 is 15.6 Å². The summed E-state index contributed by atoms with van der Waals surface area (Å²) in [7, 11) is -11.3. The van der Waals surface area contributed by atoms with Crippen LogP contribution in [0.25, 0.3) is 0 Å². The first-order valence-corrected chi connectivity index (χ1v) is 29.4. The third kappa shape index (κ3) is 26.8. The Morgan fingerprint density at radius 3 is 2.20 bits per heavy atom. The fourth-order valence-corrected chi connectivity index (χ4v) is 10.3. The van der Waals surface area contributed by atoms with Gasteiger partial charge >= 0.3 is 33.3 Å². The predicted octanol–water partition coefficient (Wildman–Crippen LogP) is 7.70. The van der Waals surface area contributed by atoms with Crippen molar-refractivity contribution < 1.29 is 81.3 Å². The number of aromatic nitrogens is 2. The molecule has 0 amide bonds. The van der Waals surface area contributed by atoms with Gasteiger partial charge in [-0.2, -0.15) is 9.29 Å². The first kappa shape index (κ1) is 65.3. The number of rotatable bonds is 24. The van der Waals surface area contributed by atoms with Gasteiger partial charge in [-0.05, 0) is 70.3 Å². The Morgan fingerprint density at radius 2 is 1.51 bits per heavy atom. The molecule has 75 heavy (non-hydrogen) atoms. The molecule has 2 aliphatic heterocycles. The molecular weight excluding hydrogens is 1020 g/mol. The molecule has 2 aliphatic rings. The number of carbonyl (C=O) groups excluding carboxylic acids is 3. The summed E-state index contributed by atoms with van der Waals surface area (Å²) in [6, 6.07) is 1.22. The van der Waals surface area contributed by atoms with Gasteiger partial charge in [0.2, 0.25) is 0 Å². The van der Waals surface area contributed by atoms with Gasteiger partial charge in [-0.3, -0.25) is 28.0 Å². The number of Topliss-reactive ketones (excluding diaryl/α,β-unsaturated/α-hetero) is 1. The second kappa shape index (κ2) is 36.2. The first-order valence-electron chi connectivity index (χ1n) is 26.4. The molecule has 23 heteroatoms. The van der Waals surface area contributed by atoms with Crippen LogP contribution in [0.1, 0.15) is 155 Å². The van der Waals surface area contributed by atoms with E-state index in [0.29, 0.717) is 25.7 Å². The summed E-state index contributed by atoms with van der Waals surface area (Å²) in [4.78, 5) is 78.0. The standard InChI is InChI=1S/C52H83N3O18P2/c1-3-5-7-8-9-10-11-12-13-14-15-16-17-18-19-20-25-29-47(59)68-36-40-37-69-74(64,65)73-75(66,67)70-38-45-50(62)49(61)41(32-31-39(56)27-23-6-4-2)43(57)35-44(58)42(28-24-21-22-26-30-48(60)71-40)51(72-45)55-34-33-46(53)54-52(55)63/h12-13,15-16,18-19,21,24,31-34,39-42,44-45,49-51,56,58,61-62H,3-11,14,17,20,22-23,25-30,35-38H2,1-2H3,(H,64,65)(H,66,67)(H2,53,54,63)/b13-12-,16-15-,19-18-,24-21?,32-31?/t39-,40+,41-,42-,44-,45+,49-,50+,51+/m0/s1. The zero-order valence-corrected chi connectivity index (χ0v) is 45.3. The summed E-state index contributed by atoms with van der Waals surface area (Å²) in [6.07, 6.45) is 20.8. The molecule has 11 atom stereocenters. The number of nitrogen functional groups attached to an aromatic ring is 1. The molecule has 0 saturated carbocycles. The number of aliphatic hydroxyl groups excluding tert-OH is 4. The van der Waals surface area contributed by atoms with Gasteiger partial charge in [-0.15, -0.1) is 0 Å². The lowest BCUT2D eigenvalue weighted by Crippen LogP contribution is -2.51. The summed E-state index contributed by atoms with van der Waals surface area (Å²) in [5.41, 5.74) is 4.74. The molecule has 0 aromatic carbocycles. The Hall–Kier alpha value is -3.95. The number of nitrogens with two attached hydrogens (primary N) is 1. The fourth-order valence-electron chi connectivity index (χ4n) is 8.20. The summed E-state index contributed by atoms with van der Waals surface area (Å²) >= 11 is 0. The lowest BCUT2D eigenvalue weighted by Gasteiger charge is -2.39. The van der Waals surface area contributed by atoms with E-state index < -0.39 is 120 Å². The Morgan fingerprint density at radius 1 is 0.867 bits per heavy atom. The number of carbonyl (C=O) groups is 3. The maximum Gasteiger partial charge on any atom is 0.481 e. The van der Waals surface area contributed by atoms with Gasteiger partial charge in [0.1, 0.15) is 36.6 Å². The van der Waals surface area contributed by atoms with Gasteiger partial charge in [0.25, 0.3) is 0 Å². The van der Waals surface area contributed by atoms with E-state index in [1.165, 1.54) is 56.7 Å². The highest BCUT2D eigenvalue weighted by Gasteiger charge is 2.45. The number of ether oxygens (including phenoxy) is 3. The van der Waals surface area contributed by atoms with Gasteiger partial charge in [0.05, 0.1) is 37.4 Å². The Labute approximate surface area is 441 Å². The molecule has 0 radical (unpaired) electrons. The number of ketones is 1. The topological polar surface area (TPSA) is 323 Å². The Balaban J connectivity index is 1.76. The number of esters is 2. The van der Waals surface area contributed by atoms with E-state index in [9.17, 15) is 58.5 Å². The van der Waals surface area contributed by atoms with Crippen molar-refractivity contribution in [1.29, 1.82) is 0 Å². The first-order chi connectivity index (χ1) is 35.9. The van der Waals surface area contributed by atoms with Crippen LogP contribution in [0.2, 0.25) is 0 Å². The highest BCUT2D eigenvalue weighted by Crippen LogP contribution is 2.60. The molecule has 1 saturated heterocycles. The molecule has 21 nitrogen and oxygen atoms in total. The second-order valence-electron chi connectivity index (χ2n) is 18.8. The zero-order valence-electron chi connectivity index (χ0n) is 43.5. The van der Waals surface area contributed by atoms with Crippen molar-refractivity contribution in [2.24, 2.45) is 11.8 Å². The summed E-state index contributed by atoms with van der Waals surface area (Å²) in [5, 5.41) is 45.7. The number of aliphatic hydroxyl groups is 4. The summed E-state index contributed by atoms with van der Waals surface area (Å²) in [6.45, 7) is 1.39. The monoisotopic (exact) mass is 1100 g/mol. The number of fused-ring (bicyclic) bond motifs is 3. The van der Waals surface area contributed by atoms with Crippen molar-refractivity contribution in [2.45, 2.75) is 192 Å². The smallest absolute Gasteiger partial charge is 0.462 e. The van der Waals surface area contributed by atoms with Crippen molar-refractivity contribution in [2.75, 3.05) is 25.6 Å². The van der Waals surface area contributed by atoms with Crippen LogP contribution in [-0.4, -0.2) is 114 Å². The molecule has 0 spiro atoms. The van der Waals surface area contributed by atoms with E-state index in [2.05, 4.69) is 40.5 Å². The maximum absolute atomic E-state index is 13.9. The van der Waals surface area contributed by atoms with Gasteiger partial charge in [0, 0.05) is 31.4 Å². The fraction of sp³-hybridized carbons (Fsp3) is 0.673. The van der Waals surface area contributed by atoms with Crippen LogP contribution in [0.4, 0.5) is 5.82 Å². The Bertz CT molecular complexity index is 2170. The summed E-state index contributed by atoms with van der Waals surface area (Å²) < 4.78 is 58.8. The van der Waals surface area contributed by atoms with Gasteiger partial charge in [-0.25, -0.2) is 13.9 Å². The third-order valence-electron chi connectivity index (χ3n) is 12.4. The van der Waals surface area contributed by atoms with Crippen LogP contribution in [0.3, 0.4) is 0 Å². The van der Waals surface area contributed by atoms with Crippen LogP contribution in [0.15, 0.2) is 77.8 Å². The second-order valence-corrected chi connectivity index (χ2v) is 21.8. The number of unbranched alkanes of at least 4 members (excludes halogenated alkanes) is 9. The van der Waals surface area contributed by atoms with Crippen LogP contribution in [0, 0.1) is 11.8 Å². The molecule has 3 heterocycles. The van der Waals surface area contributed by atoms with E-state index in [4.69, 9.17) is 29.0 Å². The molecular formula is C52H83N3O18P2. The van der Waals surface area contributed by atoms with Crippen molar-refractivity contribution in [3.8, 4) is 0 Å². The van der Waals surface area contributed by atoms with Crippen molar-refractivity contribution in [3.05, 3.63) is 83.5 Å². The predicted molar refractivity (Wildman–Crippen MR) is 280 cm³/mol. The number of hydrogen-bond donors (Lipinski definition) is 7. The molecule has 424 valence electrons. The molecule has 1 aromatic heterocycles. The van der Waals surface area contributed by atoms with Gasteiger partial charge in [-0.1, -0.05) is 126 Å². The molecule has 2 unspecified atom stereocenters. The molecule has 2 bridgehead atoms. The third-order valence-corrected chi connectivity index (χ3v) is 15.0. The number of allylic oxidation sites excluding steroid dienone is 8. The molecule has 8 N–H and O–H groups in total. The quantitative estimate of drug-likeness (QED) is 0.0226. The Kier molecular flexibility index (Phi) is 31.5. The number of phosphoric ester groups is 2. The number of cyclic esters (lactones) is 1. The molecule has 3 rings (SSSR count). The zero-order chi connectivity index (χ0) is 55.1. The van der Waals surface area contributed by atoms with Crippen molar-refractivity contribution >= 4 is 39.2 Å². The minimum atomic E-state index is -5.73. The SMILES string of the molecule is CCCCCCCC/C=C\C/C=C\C/C=C\CCCC(=O)OC[C@@H]1COP(=O)(O)OP(=O)(O)OC[C@H]2O[C@@H](n3ccc(N)nc3=O)[C@@H](CC=CCCCC(=O)O1)[C@@H](O)CC(=O)[C@H](C=C[C@@H](O)CCCCC)[C@H](O)[C@@H]2O. The number of hydrogen-bond acceptors (Lipinski definition) is 18. The number of anilines is 1. The normalized spacial score (nSPS) is 28.8. The minimum Gasteiger partial charge on any atom is -0.462 e. The highest BCUT2D eigenvalue weighted by molar-refractivity contribution is 7.61. The lowest BCUT2D eigenvalue weighted by molar-refractivity contribution is -0.186. The van der Waals surface area contributed by atoms with Crippen LogP contribution < -0.4 is 11.4 Å². The molecule has 1 fully saturated rings. The number of phosphoric acid groups is 2. The summed E-state index contributed by atoms with van der Waals surface area (Å²) in [5.74, 6) is -5.29. The van der Waals surface area contributed by atoms with Crippen LogP contribution in [0.5, 0.6) is 0 Å². The average Bonchev–Trinajstić information content (AvgIpc) is 3.35. The highest BCUT2D eigenvalue weighted by atomic mass is 31.3. The van der Waals surface area contributed by atoms with E-state index in [0.717, 1.165) is 42.9 Å². The lowest BCUT2D eigenvalue weighted by atomic mass is 9.83. The van der Waals surface area contributed by atoms with E-state index in [1.54, 1.807) is 12.2 Å². The van der Waals surface area contributed by atoms with Crippen molar-refractivity contribution in [3.63, 3.8) is 0 Å². The van der Waals surface area contributed by atoms with E-state index in [-0.39, 0.29) is 37.9 Å². The molecule has 0 aliphatic carbocycles. The maximum atomic E-state index is 13.9. The number of nitrogens with zero attached hydrogens (tertiary/aromatic N) is 2. The molecule has 1 aromatic rings. The van der Waals surface area contributed by atoms with E-state index in [1.807, 2.05) is 19.1 Å². The van der Waals surface area contributed by atoms with Crippen molar-refractivity contribution in [1.82, 2.24) is 9.55 Å². The van der Waals surface area contributed by atoms with Gasteiger partial charge < -0.3 is 50.2 Å². The minimum absolute atomic E-state index is 0.00264. The van der Waals surface area contributed by atoms with Crippen LogP contribution in [-0.2, 0) is 51.1 Å².